The summed E-state index contributed by atoms with van der Waals surface area (Å²) in [5.41, 5.74) is 2.49. The SMILES string of the molecule is CC(C)CN(C[C@@H](O)[C@H](Cc1ccccc1)NC(=O)[C@@H](N1CCN(Cc2ccnc3ccccc23)C1=O)C(C)(C)C)S(=O)(=O)c1ccc(/C=N/O)cc1. The molecule has 1 saturated heterocycles. The number of oxime groups is 1. The summed E-state index contributed by atoms with van der Waals surface area (Å²) in [6.45, 7) is 10.5. The van der Waals surface area contributed by atoms with Gasteiger partial charge in [0.2, 0.25) is 15.9 Å². The van der Waals surface area contributed by atoms with Crippen LogP contribution >= 0.6 is 0 Å². The lowest BCUT2D eigenvalue weighted by molar-refractivity contribution is -0.130. The number of hydrogen-bond acceptors (Lipinski definition) is 8. The largest absolute Gasteiger partial charge is 0.411 e. The number of sulfonamides is 1. The maximum absolute atomic E-state index is 14.4. The number of nitrogens with one attached hydrogen (secondary N) is 1. The Hall–Kier alpha value is -4.85. The third kappa shape index (κ3) is 9.58. The van der Waals surface area contributed by atoms with Crippen LogP contribution in [0.5, 0.6) is 0 Å². The van der Waals surface area contributed by atoms with Crippen LogP contribution in [0.4, 0.5) is 4.79 Å². The van der Waals surface area contributed by atoms with Crippen LogP contribution in [0.3, 0.4) is 0 Å². The molecule has 1 aliphatic rings. The lowest BCUT2D eigenvalue weighted by atomic mass is 9.84. The van der Waals surface area contributed by atoms with Gasteiger partial charge < -0.3 is 25.4 Å². The van der Waals surface area contributed by atoms with Crippen LogP contribution in [-0.2, 0) is 27.8 Å². The molecule has 53 heavy (non-hydrogen) atoms. The van der Waals surface area contributed by atoms with E-state index in [1.54, 1.807) is 16.0 Å². The molecule has 1 aliphatic heterocycles. The van der Waals surface area contributed by atoms with Crippen molar-refractivity contribution < 1.29 is 28.3 Å². The van der Waals surface area contributed by atoms with E-state index in [0.29, 0.717) is 25.2 Å². The molecule has 3 N–H and O–H groups in total. The Kier molecular flexibility index (Phi) is 12.5. The first-order valence-corrected chi connectivity index (χ1v) is 19.3. The van der Waals surface area contributed by atoms with E-state index in [2.05, 4.69) is 15.5 Å². The highest BCUT2D eigenvalue weighted by molar-refractivity contribution is 7.89. The van der Waals surface area contributed by atoms with Crippen LogP contribution in [0, 0.1) is 11.3 Å². The van der Waals surface area contributed by atoms with E-state index in [1.807, 2.05) is 95.3 Å². The maximum atomic E-state index is 14.4. The van der Waals surface area contributed by atoms with Crippen LogP contribution in [0.25, 0.3) is 10.9 Å². The highest BCUT2D eigenvalue weighted by atomic mass is 32.2. The molecular weight excluding hydrogens is 693 g/mol. The average Bonchev–Trinajstić information content (AvgIpc) is 3.46. The van der Waals surface area contributed by atoms with E-state index >= 15 is 0 Å². The van der Waals surface area contributed by atoms with E-state index < -0.39 is 39.5 Å². The van der Waals surface area contributed by atoms with Crippen molar-refractivity contribution in [3.63, 3.8) is 0 Å². The third-order valence-electron chi connectivity index (χ3n) is 9.38. The van der Waals surface area contributed by atoms with Crippen LogP contribution in [0.1, 0.15) is 51.3 Å². The predicted molar refractivity (Wildman–Crippen MR) is 205 cm³/mol. The maximum Gasteiger partial charge on any atom is 0.321 e. The van der Waals surface area contributed by atoms with E-state index in [0.717, 1.165) is 22.0 Å². The number of aliphatic hydroxyl groups is 1. The van der Waals surface area contributed by atoms with Gasteiger partial charge in [0.15, 0.2) is 0 Å². The summed E-state index contributed by atoms with van der Waals surface area (Å²) in [6, 6.07) is 22.9. The van der Waals surface area contributed by atoms with Crippen molar-refractivity contribution in [1.29, 1.82) is 0 Å². The molecule has 0 spiro atoms. The summed E-state index contributed by atoms with van der Waals surface area (Å²) in [5, 5.41) is 27.8. The van der Waals surface area contributed by atoms with Gasteiger partial charge >= 0.3 is 6.03 Å². The fraction of sp³-hybridized carbons (Fsp3) is 0.400. The molecule has 0 aliphatic carbocycles. The Labute approximate surface area is 312 Å². The summed E-state index contributed by atoms with van der Waals surface area (Å²) < 4.78 is 29.1. The smallest absolute Gasteiger partial charge is 0.321 e. The lowest BCUT2D eigenvalue weighted by Gasteiger charge is -2.38. The molecule has 1 aromatic heterocycles. The molecule has 3 aromatic carbocycles. The molecule has 0 unspecified atom stereocenters. The quantitative estimate of drug-likeness (QED) is 0.0867. The lowest BCUT2D eigenvalue weighted by Crippen LogP contribution is -2.59. The Morgan fingerprint density at radius 1 is 0.981 bits per heavy atom. The number of aliphatic hydroxyl groups excluding tert-OH is 1. The topological polar surface area (TPSA) is 156 Å². The van der Waals surface area contributed by atoms with E-state index in [-0.39, 0.29) is 36.4 Å². The Morgan fingerprint density at radius 2 is 1.66 bits per heavy atom. The van der Waals surface area contributed by atoms with Crippen molar-refractivity contribution in [2.45, 2.75) is 70.7 Å². The van der Waals surface area contributed by atoms with E-state index in [9.17, 15) is 23.1 Å². The highest BCUT2D eigenvalue weighted by Crippen LogP contribution is 2.30. The number of carbonyl (C=O) groups excluding carboxylic acids is 2. The molecule has 282 valence electrons. The number of benzene rings is 3. The van der Waals surface area contributed by atoms with Crippen molar-refractivity contribution in [3.05, 3.63) is 108 Å². The summed E-state index contributed by atoms with van der Waals surface area (Å²) >= 11 is 0. The number of nitrogens with zero attached hydrogens (tertiary/aromatic N) is 5. The van der Waals surface area contributed by atoms with Crippen LogP contribution in [0.15, 0.2) is 101 Å². The first-order valence-electron chi connectivity index (χ1n) is 17.9. The van der Waals surface area contributed by atoms with Crippen molar-refractivity contribution in [3.8, 4) is 0 Å². The van der Waals surface area contributed by atoms with Crippen molar-refractivity contribution in [2.24, 2.45) is 16.5 Å². The number of aromatic nitrogens is 1. The fourth-order valence-electron chi connectivity index (χ4n) is 6.86. The molecule has 0 saturated carbocycles. The zero-order valence-electron chi connectivity index (χ0n) is 31.0. The minimum atomic E-state index is -4.07. The van der Waals surface area contributed by atoms with Gasteiger partial charge in [-0.25, -0.2) is 13.2 Å². The number of pyridine rings is 1. The summed E-state index contributed by atoms with van der Waals surface area (Å²) in [7, 11) is -4.07. The van der Waals surface area contributed by atoms with Gasteiger partial charge in [0.05, 0.1) is 28.8 Å². The van der Waals surface area contributed by atoms with Crippen molar-refractivity contribution in [2.75, 3.05) is 26.2 Å². The minimum Gasteiger partial charge on any atom is -0.411 e. The number of rotatable bonds is 15. The predicted octanol–water partition coefficient (Wildman–Crippen LogP) is 5.13. The zero-order chi connectivity index (χ0) is 38.3. The van der Waals surface area contributed by atoms with Gasteiger partial charge in [0.1, 0.15) is 6.04 Å². The molecule has 1 fully saturated rings. The molecule has 3 atom stereocenters. The van der Waals surface area contributed by atoms with Gasteiger partial charge in [-0.15, -0.1) is 0 Å². The molecule has 0 bridgehead atoms. The second-order valence-corrected chi connectivity index (χ2v) is 17.0. The molecule has 0 radical (unpaired) electrons. The Balaban J connectivity index is 1.39. The van der Waals surface area contributed by atoms with Gasteiger partial charge in [-0.3, -0.25) is 9.78 Å². The van der Waals surface area contributed by atoms with Crippen molar-refractivity contribution >= 4 is 39.1 Å². The zero-order valence-corrected chi connectivity index (χ0v) is 31.8. The highest BCUT2D eigenvalue weighted by Gasteiger charge is 2.44. The Morgan fingerprint density at radius 3 is 2.32 bits per heavy atom. The monoisotopic (exact) mass is 742 g/mol. The van der Waals surface area contributed by atoms with E-state index in [4.69, 9.17) is 5.21 Å². The number of fused-ring (bicyclic) bond motifs is 1. The van der Waals surface area contributed by atoms with Crippen LogP contribution < -0.4 is 5.32 Å². The van der Waals surface area contributed by atoms with E-state index in [1.165, 1.54) is 34.8 Å². The normalized spacial score (nSPS) is 15.8. The number of urea groups is 1. The van der Waals surface area contributed by atoms with Gasteiger partial charge in [-0.05, 0) is 58.7 Å². The molecule has 4 aromatic rings. The molecular formula is C40H50N6O6S. The number of para-hydroxylation sites is 1. The first kappa shape index (κ1) is 39.4. The van der Waals surface area contributed by atoms with Crippen LogP contribution in [-0.4, -0.2) is 100 Å². The van der Waals surface area contributed by atoms with Gasteiger partial charge in [-0.1, -0.05) is 100 Å². The summed E-state index contributed by atoms with van der Waals surface area (Å²) in [6.07, 6.45) is 1.85. The fourth-order valence-corrected chi connectivity index (χ4v) is 8.48. The number of carbonyl (C=O) groups is 2. The standard InChI is InChI=1S/C40H50N6O6S/c1-28(2)25-45(53(51,52)32-17-15-30(16-18-32)24-42-50)27-36(47)35(23-29-11-7-6-8-12-29)43-38(48)37(40(3,4)5)46-22-21-44(39(46)49)26-31-19-20-41-34-14-10-9-13-33(31)34/h6-20,24,28,35-37,47,50H,21-23,25-27H2,1-5H3,(H,43,48)/b42-24+/t35-,36+,37+/m0/s1. The van der Waals surface area contributed by atoms with Gasteiger partial charge in [0, 0.05) is 44.3 Å². The molecule has 2 heterocycles. The molecule has 12 nitrogen and oxygen atoms in total. The minimum absolute atomic E-state index is 0.0220. The second kappa shape index (κ2) is 16.9. The number of amides is 3. The molecule has 13 heteroatoms. The van der Waals surface area contributed by atoms with Crippen molar-refractivity contribution in [1.82, 2.24) is 24.4 Å². The number of hydrogen-bond donors (Lipinski definition) is 3. The van der Waals surface area contributed by atoms with Gasteiger partial charge in [0.25, 0.3) is 0 Å². The van der Waals surface area contributed by atoms with Crippen LogP contribution in [0.2, 0.25) is 0 Å². The molecule has 3 amide bonds. The third-order valence-corrected chi connectivity index (χ3v) is 11.2. The average molecular weight is 743 g/mol. The first-order chi connectivity index (χ1) is 25.2. The van der Waals surface area contributed by atoms with Gasteiger partial charge in [-0.2, -0.15) is 4.31 Å². The Bertz CT molecular complexity index is 1990. The summed E-state index contributed by atoms with van der Waals surface area (Å²) in [4.78, 5) is 36.2. The molecule has 5 rings (SSSR count). The summed E-state index contributed by atoms with van der Waals surface area (Å²) in [5.74, 6) is -0.499. The second-order valence-electron chi connectivity index (χ2n) is 15.1.